The fourth-order valence-electron chi connectivity index (χ4n) is 4.78. The van der Waals surface area contributed by atoms with E-state index >= 15 is 0 Å². The summed E-state index contributed by atoms with van der Waals surface area (Å²) < 4.78 is 27.2. The van der Waals surface area contributed by atoms with Crippen LogP contribution in [0.25, 0.3) is 0 Å². The molecular formula is C26H35N3O3S. The molecule has 0 aliphatic carbocycles. The van der Waals surface area contributed by atoms with Crippen LogP contribution in [0.3, 0.4) is 0 Å². The van der Waals surface area contributed by atoms with Gasteiger partial charge in [-0.1, -0.05) is 36.8 Å². The van der Waals surface area contributed by atoms with Crippen LogP contribution in [-0.2, 0) is 27.8 Å². The molecule has 0 aromatic heterocycles. The van der Waals surface area contributed by atoms with Gasteiger partial charge in [-0.3, -0.25) is 4.79 Å². The molecule has 2 aromatic rings. The highest BCUT2D eigenvalue weighted by atomic mass is 32.2. The van der Waals surface area contributed by atoms with Crippen molar-refractivity contribution >= 4 is 21.6 Å². The van der Waals surface area contributed by atoms with Gasteiger partial charge in [0.25, 0.3) is 0 Å². The van der Waals surface area contributed by atoms with Crippen LogP contribution < -0.4 is 4.90 Å². The number of sulfonamides is 1. The maximum absolute atomic E-state index is 12.8. The lowest BCUT2D eigenvalue weighted by molar-refractivity contribution is -0.130. The van der Waals surface area contributed by atoms with Crippen molar-refractivity contribution in [3.8, 4) is 0 Å². The maximum atomic E-state index is 12.8. The first-order valence-electron chi connectivity index (χ1n) is 12.1. The SMILES string of the molecule is CN(Cc1ccccc1N1CCCC1)C(=O)CCc1ccc(S(=O)(=O)N2CCCCC2)cc1. The Labute approximate surface area is 198 Å². The van der Waals surface area contributed by atoms with Gasteiger partial charge in [-0.2, -0.15) is 4.31 Å². The zero-order chi connectivity index (χ0) is 23.3. The van der Waals surface area contributed by atoms with Crippen LogP contribution in [0, 0.1) is 0 Å². The fraction of sp³-hybridized carbons (Fsp3) is 0.500. The van der Waals surface area contributed by atoms with Crippen molar-refractivity contribution in [3.05, 3.63) is 59.7 Å². The highest BCUT2D eigenvalue weighted by Gasteiger charge is 2.25. The number of carbonyl (C=O) groups is 1. The summed E-state index contributed by atoms with van der Waals surface area (Å²) in [6.45, 7) is 3.96. The van der Waals surface area contributed by atoms with Crippen LogP contribution in [0.1, 0.15) is 49.7 Å². The number of benzene rings is 2. The number of hydrogen-bond donors (Lipinski definition) is 0. The number of nitrogens with zero attached hydrogens (tertiary/aromatic N) is 3. The van der Waals surface area contributed by atoms with E-state index in [4.69, 9.17) is 0 Å². The lowest BCUT2D eigenvalue weighted by Gasteiger charge is -2.26. The molecule has 33 heavy (non-hydrogen) atoms. The molecule has 2 saturated heterocycles. The van der Waals surface area contributed by atoms with Crippen molar-refractivity contribution in [3.63, 3.8) is 0 Å². The average molecular weight is 470 g/mol. The molecule has 2 aliphatic rings. The molecular weight excluding hydrogens is 434 g/mol. The molecule has 2 aromatic carbocycles. The molecule has 0 unspecified atom stereocenters. The number of amides is 1. The molecule has 178 valence electrons. The van der Waals surface area contributed by atoms with Gasteiger partial charge < -0.3 is 9.80 Å². The van der Waals surface area contributed by atoms with Gasteiger partial charge in [0.2, 0.25) is 15.9 Å². The monoisotopic (exact) mass is 469 g/mol. The molecule has 0 spiro atoms. The number of piperidine rings is 1. The van der Waals surface area contributed by atoms with E-state index in [2.05, 4.69) is 23.1 Å². The Morgan fingerprint density at radius 1 is 0.879 bits per heavy atom. The van der Waals surface area contributed by atoms with Gasteiger partial charge in [-0.15, -0.1) is 0 Å². The van der Waals surface area contributed by atoms with Crippen LogP contribution in [0.15, 0.2) is 53.4 Å². The average Bonchev–Trinajstić information content (AvgIpc) is 3.38. The number of anilines is 1. The Balaban J connectivity index is 1.32. The van der Waals surface area contributed by atoms with Gasteiger partial charge in [-0.05, 0) is 61.4 Å². The van der Waals surface area contributed by atoms with Gasteiger partial charge in [0.15, 0.2) is 0 Å². The molecule has 4 rings (SSSR count). The van der Waals surface area contributed by atoms with Crippen molar-refractivity contribution in [1.29, 1.82) is 0 Å². The van der Waals surface area contributed by atoms with Gasteiger partial charge >= 0.3 is 0 Å². The third-order valence-electron chi connectivity index (χ3n) is 6.78. The van der Waals surface area contributed by atoms with Crippen molar-refractivity contribution < 1.29 is 13.2 Å². The second-order valence-corrected chi connectivity index (χ2v) is 11.1. The topological polar surface area (TPSA) is 60.9 Å². The largest absolute Gasteiger partial charge is 0.371 e. The zero-order valence-corrected chi connectivity index (χ0v) is 20.4. The molecule has 0 bridgehead atoms. The van der Waals surface area contributed by atoms with Crippen LogP contribution in [0.4, 0.5) is 5.69 Å². The summed E-state index contributed by atoms with van der Waals surface area (Å²) in [6, 6.07) is 15.4. The molecule has 0 atom stereocenters. The second-order valence-electron chi connectivity index (χ2n) is 9.18. The van der Waals surface area contributed by atoms with Crippen molar-refractivity contribution in [2.24, 2.45) is 0 Å². The van der Waals surface area contributed by atoms with Crippen molar-refractivity contribution in [2.75, 3.05) is 38.1 Å². The molecule has 0 saturated carbocycles. The first kappa shape index (κ1) is 23.8. The standard InChI is InChI=1S/C26H35N3O3S/c1-27(21-23-9-3-4-10-25(23)28-17-7-8-18-28)26(30)16-13-22-11-14-24(15-12-22)33(31,32)29-19-5-2-6-20-29/h3-4,9-12,14-15H,2,5-8,13,16-21H2,1H3. The van der Waals surface area contributed by atoms with Gasteiger partial charge in [0.1, 0.15) is 0 Å². The van der Waals surface area contributed by atoms with Crippen LogP contribution in [0.2, 0.25) is 0 Å². The first-order chi connectivity index (χ1) is 15.9. The van der Waals surface area contributed by atoms with E-state index in [9.17, 15) is 13.2 Å². The summed E-state index contributed by atoms with van der Waals surface area (Å²) in [4.78, 5) is 17.3. The summed E-state index contributed by atoms with van der Waals surface area (Å²) in [7, 11) is -1.56. The molecule has 2 fully saturated rings. The minimum atomic E-state index is -3.42. The van der Waals surface area contributed by atoms with Crippen LogP contribution in [-0.4, -0.2) is 56.8 Å². The fourth-order valence-corrected chi connectivity index (χ4v) is 6.30. The Kier molecular flexibility index (Phi) is 7.71. The Bertz CT molecular complexity index is 1040. The summed E-state index contributed by atoms with van der Waals surface area (Å²) in [5, 5.41) is 0. The highest BCUT2D eigenvalue weighted by Crippen LogP contribution is 2.26. The third kappa shape index (κ3) is 5.76. The third-order valence-corrected chi connectivity index (χ3v) is 8.69. The molecule has 0 radical (unpaired) electrons. The van der Waals surface area contributed by atoms with E-state index in [0.717, 1.165) is 37.9 Å². The Morgan fingerprint density at radius 3 is 2.21 bits per heavy atom. The second kappa shape index (κ2) is 10.7. The molecule has 6 nitrogen and oxygen atoms in total. The van der Waals surface area contributed by atoms with Crippen molar-refractivity contribution in [1.82, 2.24) is 9.21 Å². The first-order valence-corrected chi connectivity index (χ1v) is 13.5. The van der Waals surface area contributed by atoms with E-state index in [1.807, 2.05) is 25.2 Å². The highest BCUT2D eigenvalue weighted by molar-refractivity contribution is 7.89. The van der Waals surface area contributed by atoms with Gasteiger partial charge in [0.05, 0.1) is 4.90 Å². The van der Waals surface area contributed by atoms with Gasteiger partial charge in [0, 0.05) is 51.9 Å². The van der Waals surface area contributed by atoms with E-state index in [1.54, 1.807) is 21.3 Å². The van der Waals surface area contributed by atoms with E-state index in [-0.39, 0.29) is 5.91 Å². The number of rotatable bonds is 8. The molecule has 7 heteroatoms. The van der Waals surface area contributed by atoms with Crippen LogP contribution in [0.5, 0.6) is 0 Å². The number of aryl methyl sites for hydroxylation is 1. The predicted octanol–water partition coefficient (Wildman–Crippen LogP) is 4.05. The number of para-hydroxylation sites is 1. The predicted molar refractivity (Wildman–Crippen MR) is 132 cm³/mol. The molecule has 2 aliphatic heterocycles. The molecule has 2 heterocycles. The van der Waals surface area contributed by atoms with E-state index in [0.29, 0.717) is 37.4 Å². The summed E-state index contributed by atoms with van der Waals surface area (Å²) >= 11 is 0. The quantitative estimate of drug-likeness (QED) is 0.585. The lowest BCUT2D eigenvalue weighted by atomic mass is 10.1. The van der Waals surface area contributed by atoms with Crippen molar-refractivity contribution in [2.45, 2.75) is 56.4 Å². The smallest absolute Gasteiger partial charge is 0.243 e. The van der Waals surface area contributed by atoms with E-state index in [1.165, 1.54) is 24.1 Å². The normalized spacial score (nSPS) is 17.3. The van der Waals surface area contributed by atoms with Gasteiger partial charge in [-0.25, -0.2) is 8.42 Å². The number of hydrogen-bond acceptors (Lipinski definition) is 4. The van der Waals surface area contributed by atoms with Crippen LogP contribution >= 0.6 is 0 Å². The summed E-state index contributed by atoms with van der Waals surface area (Å²) in [5.74, 6) is 0.0937. The summed E-state index contributed by atoms with van der Waals surface area (Å²) in [5.41, 5.74) is 3.40. The Morgan fingerprint density at radius 2 is 1.52 bits per heavy atom. The minimum absolute atomic E-state index is 0.0937. The molecule has 0 N–H and O–H groups in total. The molecule has 1 amide bonds. The summed E-state index contributed by atoms with van der Waals surface area (Å²) in [6.07, 6.45) is 6.40. The maximum Gasteiger partial charge on any atom is 0.243 e. The lowest BCUT2D eigenvalue weighted by Crippen LogP contribution is -2.35. The minimum Gasteiger partial charge on any atom is -0.371 e. The number of carbonyl (C=O) groups excluding carboxylic acids is 1. The Hall–Kier alpha value is -2.38. The zero-order valence-electron chi connectivity index (χ0n) is 19.6. The van der Waals surface area contributed by atoms with E-state index < -0.39 is 10.0 Å².